The van der Waals surface area contributed by atoms with E-state index in [1.807, 2.05) is 0 Å². The Morgan fingerprint density at radius 3 is 2.69 bits per heavy atom. The van der Waals surface area contributed by atoms with Gasteiger partial charge in [0.05, 0.1) is 11.6 Å². The number of nitrogens with zero attached hydrogens (tertiary/aromatic N) is 1. The van der Waals surface area contributed by atoms with E-state index in [0.29, 0.717) is 10.9 Å². The Kier molecular flexibility index (Phi) is 3.32. The lowest BCUT2D eigenvalue weighted by molar-refractivity contribution is 0.592. The van der Waals surface area contributed by atoms with Crippen molar-refractivity contribution in [3.05, 3.63) is 16.1 Å². The van der Waals surface area contributed by atoms with E-state index in [-0.39, 0.29) is 0 Å². The molecule has 0 bridgehead atoms. The van der Waals surface area contributed by atoms with Gasteiger partial charge in [-0.05, 0) is 6.92 Å². The molecule has 6 heteroatoms. The normalized spacial score (nSPS) is 14.4. The SMILES string of the molecule is CC(c1nc(CCl)cs1)S(C)(=O)=O. The molecule has 1 heterocycles. The van der Waals surface area contributed by atoms with Crippen molar-refractivity contribution < 1.29 is 8.42 Å². The van der Waals surface area contributed by atoms with Crippen molar-refractivity contribution in [1.29, 1.82) is 0 Å². The largest absolute Gasteiger partial charge is 0.244 e. The van der Waals surface area contributed by atoms with Gasteiger partial charge in [-0.1, -0.05) is 0 Å². The summed E-state index contributed by atoms with van der Waals surface area (Å²) >= 11 is 6.89. The minimum atomic E-state index is -3.05. The average Bonchev–Trinajstić information content (AvgIpc) is 2.48. The molecule has 0 aliphatic heterocycles. The van der Waals surface area contributed by atoms with Gasteiger partial charge in [-0.25, -0.2) is 13.4 Å². The van der Waals surface area contributed by atoms with Gasteiger partial charge in [0, 0.05) is 11.6 Å². The lowest BCUT2D eigenvalue weighted by Crippen LogP contribution is -2.07. The van der Waals surface area contributed by atoms with Crippen LogP contribution in [-0.4, -0.2) is 19.7 Å². The monoisotopic (exact) mass is 239 g/mol. The summed E-state index contributed by atoms with van der Waals surface area (Å²) in [7, 11) is -3.05. The summed E-state index contributed by atoms with van der Waals surface area (Å²) in [6.07, 6.45) is 1.21. The van der Waals surface area contributed by atoms with Crippen LogP contribution in [0.25, 0.3) is 0 Å². The third kappa shape index (κ3) is 2.65. The summed E-state index contributed by atoms with van der Waals surface area (Å²) in [4.78, 5) is 4.10. The Hall–Kier alpha value is -0.130. The van der Waals surface area contributed by atoms with E-state index in [4.69, 9.17) is 11.6 Å². The van der Waals surface area contributed by atoms with E-state index in [2.05, 4.69) is 4.98 Å². The van der Waals surface area contributed by atoms with Crippen molar-refractivity contribution >= 4 is 32.8 Å². The number of aromatic nitrogens is 1. The maximum absolute atomic E-state index is 11.2. The van der Waals surface area contributed by atoms with Crippen molar-refractivity contribution in [2.45, 2.75) is 18.1 Å². The van der Waals surface area contributed by atoms with Crippen LogP contribution < -0.4 is 0 Å². The van der Waals surface area contributed by atoms with Crippen LogP contribution in [-0.2, 0) is 15.7 Å². The summed E-state index contributed by atoms with van der Waals surface area (Å²) in [5.41, 5.74) is 0.733. The molecular weight excluding hydrogens is 230 g/mol. The van der Waals surface area contributed by atoms with Crippen LogP contribution >= 0.6 is 22.9 Å². The molecular formula is C7H10ClNO2S2. The van der Waals surface area contributed by atoms with Crippen LogP contribution in [0, 0.1) is 0 Å². The van der Waals surface area contributed by atoms with E-state index in [1.165, 1.54) is 17.6 Å². The highest BCUT2D eigenvalue weighted by atomic mass is 35.5. The smallest absolute Gasteiger partial charge is 0.156 e. The number of hydrogen-bond acceptors (Lipinski definition) is 4. The van der Waals surface area contributed by atoms with Crippen molar-refractivity contribution in [1.82, 2.24) is 4.98 Å². The molecule has 0 saturated carbocycles. The molecule has 0 spiro atoms. The number of sulfone groups is 1. The van der Waals surface area contributed by atoms with Crippen LogP contribution in [0.4, 0.5) is 0 Å². The van der Waals surface area contributed by atoms with Crippen molar-refractivity contribution in [3.8, 4) is 0 Å². The Labute approximate surface area is 86.7 Å². The van der Waals surface area contributed by atoms with Gasteiger partial charge < -0.3 is 0 Å². The molecule has 0 saturated heterocycles. The first-order valence-electron chi connectivity index (χ1n) is 3.64. The van der Waals surface area contributed by atoms with Gasteiger partial charge >= 0.3 is 0 Å². The molecule has 0 fully saturated rings. The Morgan fingerprint density at radius 2 is 2.31 bits per heavy atom. The Balaban J connectivity index is 2.96. The molecule has 13 heavy (non-hydrogen) atoms. The maximum atomic E-state index is 11.2. The zero-order valence-electron chi connectivity index (χ0n) is 7.32. The Morgan fingerprint density at radius 1 is 1.69 bits per heavy atom. The minimum absolute atomic E-state index is 0.326. The fraction of sp³-hybridized carbons (Fsp3) is 0.571. The third-order valence-corrected chi connectivity index (χ3v) is 4.70. The van der Waals surface area contributed by atoms with Crippen LogP contribution in [0.5, 0.6) is 0 Å². The van der Waals surface area contributed by atoms with E-state index in [0.717, 1.165) is 5.69 Å². The van der Waals surface area contributed by atoms with E-state index >= 15 is 0 Å². The van der Waals surface area contributed by atoms with Crippen molar-refractivity contribution in [2.75, 3.05) is 6.26 Å². The van der Waals surface area contributed by atoms with Crippen LogP contribution in [0.2, 0.25) is 0 Å². The van der Waals surface area contributed by atoms with Gasteiger partial charge in [-0.15, -0.1) is 22.9 Å². The maximum Gasteiger partial charge on any atom is 0.156 e. The molecule has 0 aliphatic rings. The van der Waals surface area contributed by atoms with Gasteiger partial charge in [0.25, 0.3) is 0 Å². The predicted molar refractivity (Wildman–Crippen MR) is 54.9 cm³/mol. The quantitative estimate of drug-likeness (QED) is 0.758. The van der Waals surface area contributed by atoms with Gasteiger partial charge in [-0.3, -0.25) is 0 Å². The molecule has 1 aromatic heterocycles. The summed E-state index contributed by atoms with van der Waals surface area (Å²) in [6, 6.07) is 0. The number of rotatable bonds is 3. The molecule has 74 valence electrons. The minimum Gasteiger partial charge on any atom is -0.244 e. The molecule has 0 radical (unpaired) electrons. The number of hydrogen-bond donors (Lipinski definition) is 0. The summed E-state index contributed by atoms with van der Waals surface area (Å²) in [5, 5.41) is 1.86. The number of thiazole rings is 1. The second-order valence-corrected chi connectivity index (χ2v) is 6.31. The zero-order valence-corrected chi connectivity index (χ0v) is 9.71. The van der Waals surface area contributed by atoms with Crippen molar-refractivity contribution in [2.24, 2.45) is 0 Å². The van der Waals surface area contributed by atoms with Gasteiger partial charge in [-0.2, -0.15) is 0 Å². The molecule has 1 aromatic rings. The highest BCUT2D eigenvalue weighted by Crippen LogP contribution is 2.24. The van der Waals surface area contributed by atoms with E-state index in [1.54, 1.807) is 12.3 Å². The summed E-state index contributed by atoms with van der Waals surface area (Å²) in [5.74, 6) is 0.326. The topological polar surface area (TPSA) is 47.0 Å². The molecule has 0 amide bonds. The van der Waals surface area contributed by atoms with Gasteiger partial charge in [0.1, 0.15) is 10.3 Å². The fourth-order valence-corrected chi connectivity index (χ4v) is 2.85. The molecule has 0 aromatic carbocycles. The lowest BCUT2D eigenvalue weighted by atomic mass is 10.5. The highest BCUT2D eigenvalue weighted by molar-refractivity contribution is 7.91. The van der Waals surface area contributed by atoms with E-state index in [9.17, 15) is 8.42 Å². The van der Waals surface area contributed by atoms with E-state index < -0.39 is 15.1 Å². The zero-order chi connectivity index (χ0) is 10.1. The standard InChI is InChI=1S/C7H10ClNO2S2/c1-5(13(2,10)11)7-9-6(3-8)4-12-7/h4-5H,3H2,1-2H3. The first-order valence-corrected chi connectivity index (χ1v) is 7.01. The number of halogens is 1. The highest BCUT2D eigenvalue weighted by Gasteiger charge is 2.20. The van der Waals surface area contributed by atoms with Gasteiger partial charge in [0.2, 0.25) is 0 Å². The van der Waals surface area contributed by atoms with Crippen molar-refractivity contribution in [3.63, 3.8) is 0 Å². The number of alkyl halides is 1. The molecule has 3 nitrogen and oxygen atoms in total. The lowest BCUT2D eigenvalue weighted by Gasteiger charge is -2.03. The molecule has 1 unspecified atom stereocenters. The summed E-state index contributed by atoms with van der Waals surface area (Å²) < 4.78 is 22.3. The first kappa shape index (κ1) is 10.9. The summed E-state index contributed by atoms with van der Waals surface area (Å²) in [6.45, 7) is 1.63. The molecule has 0 N–H and O–H groups in total. The second kappa shape index (κ2) is 3.94. The molecule has 0 aliphatic carbocycles. The van der Waals surface area contributed by atoms with Gasteiger partial charge in [0.15, 0.2) is 9.84 Å². The van der Waals surface area contributed by atoms with Crippen LogP contribution in [0.3, 0.4) is 0 Å². The predicted octanol–water partition coefficient (Wildman–Crippen LogP) is 1.99. The second-order valence-electron chi connectivity index (χ2n) is 2.78. The average molecular weight is 240 g/mol. The third-order valence-electron chi connectivity index (χ3n) is 1.70. The molecule has 1 rings (SSSR count). The van der Waals surface area contributed by atoms with Crippen LogP contribution in [0.15, 0.2) is 5.38 Å². The van der Waals surface area contributed by atoms with Crippen LogP contribution in [0.1, 0.15) is 22.9 Å². The first-order chi connectivity index (χ1) is 5.95. The molecule has 1 atom stereocenters. The fourth-order valence-electron chi connectivity index (χ4n) is 0.754. The Bertz CT molecular complexity index is 385.